The van der Waals surface area contributed by atoms with E-state index in [2.05, 4.69) is 0 Å². The maximum absolute atomic E-state index is 10.8. The van der Waals surface area contributed by atoms with E-state index in [-0.39, 0.29) is 17.1 Å². The molecule has 0 aromatic heterocycles. The molecule has 84 valence electrons. The summed E-state index contributed by atoms with van der Waals surface area (Å²) < 4.78 is 9.63. The quantitative estimate of drug-likeness (QED) is 0.438. The fourth-order valence-electron chi connectivity index (χ4n) is 1.11. The fourth-order valence-corrected chi connectivity index (χ4v) is 1.11. The van der Waals surface area contributed by atoms with Crippen LogP contribution in [-0.4, -0.2) is 18.2 Å². The first-order valence-electron chi connectivity index (χ1n) is 4.49. The number of aldehydes is 1. The molecule has 0 bridgehead atoms. The van der Waals surface area contributed by atoms with E-state index >= 15 is 0 Å². The number of rotatable bonds is 3. The number of hydrogen-bond donors (Lipinski definition) is 0. The van der Waals surface area contributed by atoms with Crippen LogP contribution < -0.4 is 9.47 Å². The Balaban J connectivity index is 3.19. The molecule has 5 nitrogen and oxygen atoms in total. The van der Waals surface area contributed by atoms with Crippen molar-refractivity contribution in [2.45, 2.75) is 13.8 Å². The minimum absolute atomic E-state index is 0.0415. The molecule has 0 heterocycles. The second-order valence-corrected chi connectivity index (χ2v) is 2.98. The Kier molecular flexibility index (Phi) is 3.77. The molecule has 0 amide bonds. The summed E-state index contributed by atoms with van der Waals surface area (Å²) in [6.07, 6.45) is 0.519. The highest BCUT2D eigenvalue weighted by Gasteiger charge is 2.14. The molecule has 16 heavy (non-hydrogen) atoms. The SMILES string of the molecule is CC(=O)Oc1cccc(C=O)c1OC(C)=O. The molecule has 0 radical (unpaired) electrons. The summed E-state index contributed by atoms with van der Waals surface area (Å²) in [5, 5.41) is 0. The van der Waals surface area contributed by atoms with Gasteiger partial charge in [-0.1, -0.05) is 6.07 Å². The summed E-state index contributed by atoms with van der Waals surface area (Å²) in [6.45, 7) is 2.41. The first-order valence-corrected chi connectivity index (χ1v) is 4.49. The monoisotopic (exact) mass is 222 g/mol. The summed E-state index contributed by atoms with van der Waals surface area (Å²) in [5.41, 5.74) is 0.147. The van der Waals surface area contributed by atoms with Crippen LogP contribution in [0.1, 0.15) is 24.2 Å². The number of benzene rings is 1. The Morgan fingerprint density at radius 3 is 2.25 bits per heavy atom. The number of carbonyl (C=O) groups is 3. The highest BCUT2D eigenvalue weighted by molar-refractivity contribution is 5.85. The summed E-state index contributed by atoms with van der Waals surface area (Å²) in [4.78, 5) is 32.4. The van der Waals surface area contributed by atoms with Gasteiger partial charge in [0.25, 0.3) is 0 Å². The summed E-state index contributed by atoms with van der Waals surface area (Å²) in [6, 6.07) is 4.42. The van der Waals surface area contributed by atoms with Gasteiger partial charge in [0.05, 0.1) is 5.56 Å². The van der Waals surface area contributed by atoms with Gasteiger partial charge in [-0.25, -0.2) is 0 Å². The smallest absolute Gasteiger partial charge is 0.308 e. The zero-order valence-electron chi connectivity index (χ0n) is 8.85. The lowest BCUT2D eigenvalue weighted by Gasteiger charge is -2.09. The molecule has 0 saturated carbocycles. The van der Waals surface area contributed by atoms with Crippen LogP contribution in [0.5, 0.6) is 11.5 Å². The molecule has 0 aliphatic carbocycles. The van der Waals surface area contributed by atoms with Crippen molar-refractivity contribution in [3.05, 3.63) is 23.8 Å². The first-order chi connectivity index (χ1) is 7.54. The lowest BCUT2D eigenvalue weighted by molar-refractivity contribution is -0.134. The predicted octanol–water partition coefficient (Wildman–Crippen LogP) is 1.35. The van der Waals surface area contributed by atoms with Crippen LogP contribution in [0.25, 0.3) is 0 Å². The van der Waals surface area contributed by atoms with Gasteiger partial charge in [0, 0.05) is 13.8 Å². The minimum Gasteiger partial charge on any atom is -0.423 e. The van der Waals surface area contributed by atoms with E-state index in [4.69, 9.17) is 9.47 Å². The molecule has 0 atom stereocenters. The minimum atomic E-state index is -0.595. The van der Waals surface area contributed by atoms with Gasteiger partial charge >= 0.3 is 11.9 Å². The Labute approximate surface area is 92.0 Å². The molecule has 0 saturated heterocycles. The number of esters is 2. The van der Waals surface area contributed by atoms with Crippen LogP contribution in [0.2, 0.25) is 0 Å². The zero-order valence-corrected chi connectivity index (χ0v) is 8.85. The molecule has 0 aliphatic heterocycles. The molecular formula is C11H10O5. The first kappa shape index (κ1) is 11.9. The van der Waals surface area contributed by atoms with E-state index in [1.54, 1.807) is 0 Å². The largest absolute Gasteiger partial charge is 0.423 e. The molecule has 1 aromatic carbocycles. The van der Waals surface area contributed by atoms with Crippen LogP contribution >= 0.6 is 0 Å². The maximum Gasteiger partial charge on any atom is 0.308 e. The topological polar surface area (TPSA) is 69.7 Å². The molecule has 0 spiro atoms. The van der Waals surface area contributed by atoms with Crippen LogP contribution in [-0.2, 0) is 9.59 Å². The molecule has 0 N–H and O–H groups in total. The molecule has 1 aromatic rings. The second kappa shape index (κ2) is 5.06. The Morgan fingerprint density at radius 1 is 1.12 bits per heavy atom. The van der Waals surface area contributed by atoms with Crippen molar-refractivity contribution in [3.63, 3.8) is 0 Å². The maximum atomic E-state index is 10.8. The van der Waals surface area contributed by atoms with E-state index in [0.717, 1.165) is 0 Å². The molecule has 0 aliphatic rings. The third-order valence-corrected chi connectivity index (χ3v) is 1.64. The van der Waals surface area contributed by atoms with Crippen molar-refractivity contribution in [2.24, 2.45) is 0 Å². The van der Waals surface area contributed by atoms with Gasteiger partial charge in [0.2, 0.25) is 0 Å². The fraction of sp³-hybridized carbons (Fsp3) is 0.182. The number of ether oxygens (including phenoxy) is 2. The second-order valence-electron chi connectivity index (χ2n) is 2.98. The molecule has 0 unspecified atom stereocenters. The van der Waals surface area contributed by atoms with Crippen LogP contribution in [0.3, 0.4) is 0 Å². The van der Waals surface area contributed by atoms with Gasteiger partial charge < -0.3 is 9.47 Å². The lowest BCUT2D eigenvalue weighted by Crippen LogP contribution is -2.08. The van der Waals surface area contributed by atoms with Gasteiger partial charge in [0.1, 0.15) is 0 Å². The Bertz CT molecular complexity index is 436. The van der Waals surface area contributed by atoms with E-state index in [0.29, 0.717) is 6.29 Å². The van der Waals surface area contributed by atoms with E-state index in [1.807, 2.05) is 0 Å². The molecule has 0 fully saturated rings. The third-order valence-electron chi connectivity index (χ3n) is 1.64. The van der Waals surface area contributed by atoms with Crippen molar-refractivity contribution in [2.75, 3.05) is 0 Å². The normalized spacial score (nSPS) is 9.38. The molecule has 1 rings (SSSR count). The highest BCUT2D eigenvalue weighted by Crippen LogP contribution is 2.30. The standard InChI is InChI=1S/C11H10O5/c1-7(13)15-10-5-3-4-9(6-12)11(10)16-8(2)14/h3-6H,1-2H3. The van der Waals surface area contributed by atoms with Crippen molar-refractivity contribution < 1.29 is 23.9 Å². The van der Waals surface area contributed by atoms with Gasteiger partial charge in [-0.3, -0.25) is 14.4 Å². The van der Waals surface area contributed by atoms with E-state index in [1.165, 1.54) is 32.0 Å². The van der Waals surface area contributed by atoms with E-state index in [9.17, 15) is 14.4 Å². The Morgan fingerprint density at radius 2 is 1.75 bits per heavy atom. The van der Waals surface area contributed by atoms with Gasteiger partial charge in [-0.2, -0.15) is 0 Å². The average Bonchev–Trinajstić information content (AvgIpc) is 2.19. The third kappa shape index (κ3) is 2.91. The van der Waals surface area contributed by atoms with Gasteiger partial charge in [-0.15, -0.1) is 0 Å². The predicted molar refractivity (Wildman–Crippen MR) is 54.4 cm³/mol. The van der Waals surface area contributed by atoms with Crippen LogP contribution in [0, 0.1) is 0 Å². The van der Waals surface area contributed by atoms with Crippen molar-refractivity contribution in [1.29, 1.82) is 0 Å². The summed E-state index contributed by atoms with van der Waals surface area (Å²) >= 11 is 0. The average molecular weight is 222 g/mol. The Hall–Kier alpha value is -2.17. The summed E-state index contributed by atoms with van der Waals surface area (Å²) in [7, 11) is 0. The molecular weight excluding hydrogens is 212 g/mol. The summed E-state index contributed by atoms with van der Waals surface area (Å²) in [5.74, 6) is -1.15. The number of hydrogen-bond acceptors (Lipinski definition) is 5. The van der Waals surface area contributed by atoms with Gasteiger partial charge in [-0.05, 0) is 12.1 Å². The zero-order chi connectivity index (χ0) is 12.1. The van der Waals surface area contributed by atoms with Crippen molar-refractivity contribution >= 4 is 18.2 Å². The van der Waals surface area contributed by atoms with E-state index < -0.39 is 11.9 Å². The van der Waals surface area contributed by atoms with Crippen molar-refractivity contribution in [1.82, 2.24) is 0 Å². The highest BCUT2D eigenvalue weighted by atomic mass is 16.6. The lowest BCUT2D eigenvalue weighted by atomic mass is 10.2. The van der Waals surface area contributed by atoms with Crippen molar-refractivity contribution in [3.8, 4) is 11.5 Å². The molecule has 5 heteroatoms. The number of para-hydroxylation sites is 1. The van der Waals surface area contributed by atoms with Crippen LogP contribution in [0.4, 0.5) is 0 Å². The van der Waals surface area contributed by atoms with Gasteiger partial charge in [0.15, 0.2) is 17.8 Å². The number of carbonyl (C=O) groups excluding carboxylic acids is 3. The van der Waals surface area contributed by atoms with Crippen LogP contribution in [0.15, 0.2) is 18.2 Å².